The largest absolute Gasteiger partial charge is 0.398 e. The summed E-state index contributed by atoms with van der Waals surface area (Å²) in [6.07, 6.45) is 2.37. The maximum absolute atomic E-state index is 11.9. The van der Waals surface area contributed by atoms with E-state index >= 15 is 0 Å². The van der Waals surface area contributed by atoms with Gasteiger partial charge < -0.3 is 11.1 Å². The first kappa shape index (κ1) is 11.0. The third-order valence-electron chi connectivity index (χ3n) is 3.38. The molecule has 1 unspecified atom stereocenters. The first-order valence-electron chi connectivity index (χ1n) is 5.75. The van der Waals surface area contributed by atoms with Gasteiger partial charge in [0.2, 0.25) is 5.91 Å². The van der Waals surface area contributed by atoms with E-state index in [1.54, 1.807) is 0 Å². The topological polar surface area (TPSA) is 55.1 Å². The van der Waals surface area contributed by atoms with E-state index in [0.717, 1.165) is 16.9 Å². The first-order valence-corrected chi connectivity index (χ1v) is 5.75. The molecule has 0 radical (unpaired) electrons. The van der Waals surface area contributed by atoms with Gasteiger partial charge in [-0.2, -0.15) is 0 Å². The van der Waals surface area contributed by atoms with Crippen molar-refractivity contribution in [3.63, 3.8) is 0 Å². The summed E-state index contributed by atoms with van der Waals surface area (Å²) in [5, 5.41) is 2.95. The molecule has 0 aliphatic heterocycles. The molecule has 0 bridgehead atoms. The molecule has 2 rings (SSSR count). The molecule has 1 fully saturated rings. The van der Waals surface area contributed by atoms with E-state index in [4.69, 9.17) is 5.73 Å². The highest BCUT2D eigenvalue weighted by Crippen LogP contribution is 2.37. The Morgan fingerprint density at radius 2 is 2.19 bits per heavy atom. The molecule has 1 atom stereocenters. The molecule has 1 aliphatic carbocycles. The van der Waals surface area contributed by atoms with Crippen LogP contribution in [0, 0.1) is 18.8 Å². The molecule has 0 aromatic heterocycles. The third kappa shape index (κ3) is 2.18. The van der Waals surface area contributed by atoms with Gasteiger partial charge in [-0.05, 0) is 43.4 Å². The molecule has 3 nitrogen and oxygen atoms in total. The van der Waals surface area contributed by atoms with Gasteiger partial charge in [0.1, 0.15) is 0 Å². The number of carbonyl (C=O) groups is 1. The Morgan fingerprint density at radius 3 is 2.81 bits per heavy atom. The van der Waals surface area contributed by atoms with Gasteiger partial charge in [0, 0.05) is 17.3 Å². The molecule has 1 aliphatic rings. The molecule has 86 valence electrons. The molecule has 1 amide bonds. The molecule has 1 aromatic carbocycles. The Morgan fingerprint density at radius 1 is 1.50 bits per heavy atom. The fourth-order valence-corrected chi connectivity index (χ4v) is 1.85. The summed E-state index contributed by atoms with van der Waals surface area (Å²) in [5.74, 6) is 0.804. The average Bonchev–Trinajstić information content (AvgIpc) is 3.07. The van der Waals surface area contributed by atoms with Crippen molar-refractivity contribution >= 4 is 17.3 Å². The molecule has 3 N–H and O–H groups in total. The van der Waals surface area contributed by atoms with E-state index in [9.17, 15) is 4.79 Å². The molecule has 0 saturated heterocycles. The first-order chi connectivity index (χ1) is 7.59. The van der Waals surface area contributed by atoms with Crippen LogP contribution in [-0.4, -0.2) is 5.91 Å². The van der Waals surface area contributed by atoms with Gasteiger partial charge >= 0.3 is 0 Å². The summed E-state index contributed by atoms with van der Waals surface area (Å²) in [5.41, 5.74) is 8.29. The second kappa shape index (κ2) is 4.16. The number of anilines is 2. The number of rotatable bonds is 3. The van der Waals surface area contributed by atoms with Crippen LogP contribution in [0.4, 0.5) is 11.4 Å². The van der Waals surface area contributed by atoms with Crippen LogP contribution < -0.4 is 11.1 Å². The van der Waals surface area contributed by atoms with Crippen LogP contribution >= 0.6 is 0 Å². The van der Waals surface area contributed by atoms with Crippen molar-refractivity contribution < 1.29 is 4.79 Å². The van der Waals surface area contributed by atoms with E-state index in [1.165, 1.54) is 12.8 Å². The van der Waals surface area contributed by atoms with Gasteiger partial charge in [0.15, 0.2) is 0 Å². The number of benzene rings is 1. The minimum atomic E-state index is 0.108. The number of nitrogen functional groups attached to an aromatic ring is 1. The zero-order valence-corrected chi connectivity index (χ0v) is 9.79. The Kier molecular flexibility index (Phi) is 2.86. The molecule has 0 heterocycles. The molecule has 1 saturated carbocycles. The van der Waals surface area contributed by atoms with E-state index in [-0.39, 0.29) is 11.8 Å². The molecule has 1 aromatic rings. The van der Waals surface area contributed by atoms with E-state index in [0.29, 0.717) is 5.92 Å². The lowest BCUT2D eigenvalue weighted by molar-refractivity contribution is -0.119. The van der Waals surface area contributed by atoms with Crippen molar-refractivity contribution in [2.75, 3.05) is 11.1 Å². The van der Waals surface area contributed by atoms with Crippen LogP contribution in [0.25, 0.3) is 0 Å². The van der Waals surface area contributed by atoms with E-state index in [2.05, 4.69) is 5.32 Å². The highest BCUT2D eigenvalue weighted by atomic mass is 16.1. The molecule has 16 heavy (non-hydrogen) atoms. The Hall–Kier alpha value is -1.51. The summed E-state index contributed by atoms with van der Waals surface area (Å²) in [6, 6.07) is 5.60. The fraction of sp³-hybridized carbons (Fsp3) is 0.462. The smallest absolute Gasteiger partial charge is 0.227 e. The van der Waals surface area contributed by atoms with Crippen LogP contribution in [0.2, 0.25) is 0 Å². The SMILES string of the molecule is Cc1c(N)cccc1NC(=O)C(C)C1CC1. The number of nitrogens with one attached hydrogen (secondary N) is 1. The summed E-state index contributed by atoms with van der Waals surface area (Å²) >= 11 is 0. The average molecular weight is 218 g/mol. The van der Waals surface area contributed by atoms with Crippen LogP contribution in [0.1, 0.15) is 25.3 Å². The molecule has 0 spiro atoms. The Labute approximate surface area is 96.0 Å². The lowest BCUT2D eigenvalue weighted by Gasteiger charge is -2.13. The second-order valence-corrected chi connectivity index (χ2v) is 4.64. The third-order valence-corrected chi connectivity index (χ3v) is 3.38. The standard InChI is InChI=1S/C13H18N2O/c1-8(10-6-7-10)13(16)15-12-5-3-4-11(14)9(12)2/h3-5,8,10H,6-7,14H2,1-2H3,(H,15,16). The Bertz CT molecular complexity index is 410. The highest BCUT2D eigenvalue weighted by molar-refractivity contribution is 5.94. The van der Waals surface area contributed by atoms with E-state index < -0.39 is 0 Å². The lowest BCUT2D eigenvalue weighted by atomic mass is 10.1. The minimum Gasteiger partial charge on any atom is -0.398 e. The quantitative estimate of drug-likeness (QED) is 0.766. The zero-order chi connectivity index (χ0) is 11.7. The van der Waals surface area contributed by atoms with E-state index in [1.807, 2.05) is 32.0 Å². The second-order valence-electron chi connectivity index (χ2n) is 4.64. The number of carbonyl (C=O) groups excluding carboxylic acids is 1. The monoisotopic (exact) mass is 218 g/mol. The van der Waals surface area contributed by atoms with Crippen molar-refractivity contribution in [3.05, 3.63) is 23.8 Å². The van der Waals surface area contributed by atoms with Crippen molar-refractivity contribution in [1.29, 1.82) is 0 Å². The zero-order valence-electron chi connectivity index (χ0n) is 9.79. The maximum atomic E-state index is 11.9. The van der Waals surface area contributed by atoms with Gasteiger partial charge in [0.05, 0.1) is 0 Å². The van der Waals surface area contributed by atoms with Gasteiger partial charge in [0.25, 0.3) is 0 Å². The predicted molar refractivity (Wildman–Crippen MR) is 66.1 cm³/mol. The summed E-state index contributed by atoms with van der Waals surface area (Å²) < 4.78 is 0. The number of hydrogen-bond acceptors (Lipinski definition) is 2. The van der Waals surface area contributed by atoms with Gasteiger partial charge in [-0.3, -0.25) is 4.79 Å². The van der Waals surface area contributed by atoms with Gasteiger partial charge in [-0.1, -0.05) is 13.0 Å². The number of amides is 1. The highest BCUT2D eigenvalue weighted by Gasteiger charge is 2.32. The van der Waals surface area contributed by atoms with Crippen LogP contribution in [-0.2, 0) is 4.79 Å². The fourth-order valence-electron chi connectivity index (χ4n) is 1.85. The van der Waals surface area contributed by atoms with Gasteiger partial charge in [-0.15, -0.1) is 0 Å². The number of hydrogen-bond donors (Lipinski definition) is 2. The maximum Gasteiger partial charge on any atom is 0.227 e. The van der Waals surface area contributed by atoms with Crippen LogP contribution in [0.15, 0.2) is 18.2 Å². The Balaban J connectivity index is 2.08. The number of nitrogens with two attached hydrogens (primary N) is 1. The molecular weight excluding hydrogens is 200 g/mol. The van der Waals surface area contributed by atoms with Crippen LogP contribution in [0.5, 0.6) is 0 Å². The minimum absolute atomic E-state index is 0.108. The van der Waals surface area contributed by atoms with Crippen molar-refractivity contribution in [2.45, 2.75) is 26.7 Å². The van der Waals surface area contributed by atoms with Crippen LogP contribution in [0.3, 0.4) is 0 Å². The molecular formula is C13H18N2O. The van der Waals surface area contributed by atoms with Gasteiger partial charge in [-0.25, -0.2) is 0 Å². The normalized spacial score (nSPS) is 16.9. The van der Waals surface area contributed by atoms with Crippen molar-refractivity contribution in [2.24, 2.45) is 11.8 Å². The van der Waals surface area contributed by atoms with Crippen molar-refractivity contribution in [3.8, 4) is 0 Å². The molecule has 3 heteroatoms. The summed E-state index contributed by atoms with van der Waals surface area (Å²) in [4.78, 5) is 11.9. The lowest BCUT2D eigenvalue weighted by Crippen LogP contribution is -2.22. The predicted octanol–water partition coefficient (Wildman–Crippen LogP) is 2.56. The van der Waals surface area contributed by atoms with Crippen molar-refractivity contribution in [1.82, 2.24) is 0 Å². The summed E-state index contributed by atoms with van der Waals surface area (Å²) in [6.45, 7) is 3.92. The summed E-state index contributed by atoms with van der Waals surface area (Å²) in [7, 11) is 0.